The fourth-order valence-corrected chi connectivity index (χ4v) is 1.90. The van der Waals surface area contributed by atoms with Crippen LogP contribution in [0.5, 0.6) is 5.75 Å². The van der Waals surface area contributed by atoms with E-state index in [9.17, 15) is 0 Å². The number of hydrogen-bond donors (Lipinski definition) is 0. The second-order valence-corrected chi connectivity index (χ2v) is 3.99. The lowest BCUT2D eigenvalue weighted by molar-refractivity contribution is 0.414. The van der Waals surface area contributed by atoms with Crippen molar-refractivity contribution in [2.45, 2.75) is 0 Å². The summed E-state index contributed by atoms with van der Waals surface area (Å²) in [6.07, 6.45) is 1.54. The van der Waals surface area contributed by atoms with Gasteiger partial charge in [-0.3, -0.25) is 0 Å². The van der Waals surface area contributed by atoms with Crippen LogP contribution in [0.3, 0.4) is 0 Å². The van der Waals surface area contributed by atoms with Crippen molar-refractivity contribution < 1.29 is 9.15 Å². The van der Waals surface area contributed by atoms with E-state index in [1.807, 2.05) is 30.3 Å². The first kappa shape index (κ1) is 12.0. The number of nitriles is 1. The maximum atomic E-state index is 9.13. The molecule has 3 rings (SSSR count). The lowest BCUT2D eigenvalue weighted by atomic mass is 10.2. The van der Waals surface area contributed by atoms with Gasteiger partial charge < -0.3 is 9.15 Å². The number of hydrogen-bond acceptors (Lipinski definition) is 5. The molecular formula is C14H10N4O2. The maximum absolute atomic E-state index is 9.13. The number of ether oxygens (including phenoxy) is 1. The maximum Gasteiger partial charge on any atom is 0.194 e. The van der Waals surface area contributed by atoms with Gasteiger partial charge in [-0.2, -0.15) is 5.26 Å². The average molecular weight is 266 g/mol. The molecule has 98 valence electrons. The highest BCUT2D eigenvalue weighted by Crippen LogP contribution is 2.26. The molecule has 0 bridgehead atoms. The largest absolute Gasteiger partial charge is 0.497 e. The van der Waals surface area contributed by atoms with Crippen LogP contribution in [0.2, 0.25) is 0 Å². The zero-order valence-electron chi connectivity index (χ0n) is 10.6. The van der Waals surface area contributed by atoms with Gasteiger partial charge in [0.05, 0.1) is 19.1 Å². The van der Waals surface area contributed by atoms with Crippen LogP contribution >= 0.6 is 0 Å². The van der Waals surface area contributed by atoms with Gasteiger partial charge in [0.2, 0.25) is 0 Å². The van der Waals surface area contributed by atoms with Crippen LogP contribution in [0.25, 0.3) is 17.1 Å². The van der Waals surface area contributed by atoms with E-state index in [0.717, 1.165) is 11.4 Å². The van der Waals surface area contributed by atoms with Crippen molar-refractivity contribution in [3.8, 4) is 29.0 Å². The molecule has 0 aliphatic rings. The van der Waals surface area contributed by atoms with E-state index in [0.29, 0.717) is 11.5 Å². The summed E-state index contributed by atoms with van der Waals surface area (Å²) >= 11 is 0. The van der Waals surface area contributed by atoms with Gasteiger partial charge in [-0.25, -0.2) is 4.68 Å². The lowest BCUT2D eigenvalue weighted by Gasteiger charge is -2.05. The highest BCUT2D eigenvalue weighted by atomic mass is 16.5. The first-order valence-electron chi connectivity index (χ1n) is 5.87. The number of nitrogens with zero attached hydrogens (tertiary/aromatic N) is 4. The molecule has 0 spiro atoms. The molecule has 1 aromatic carbocycles. The van der Waals surface area contributed by atoms with Crippen molar-refractivity contribution in [3.05, 3.63) is 48.4 Å². The molecule has 0 amide bonds. The zero-order chi connectivity index (χ0) is 13.9. The van der Waals surface area contributed by atoms with E-state index in [1.54, 1.807) is 30.2 Å². The monoisotopic (exact) mass is 266 g/mol. The number of furan rings is 1. The van der Waals surface area contributed by atoms with E-state index in [1.165, 1.54) is 0 Å². The predicted molar refractivity (Wildman–Crippen MR) is 70.3 cm³/mol. The highest BCUT2D eigenvalue weighted by molar-refractivity contribution is 5.62. The molecule has 0 atom stereocenters. The van der Waals surface area contributed by atoms with Crippen LogP contribution in [0.1, 0.15) is 5.69 Å². The van der Waals surface area contributed by atoms with E-state index in [2.05, 4.69) is 10.3 Å². The molecular weight excluding hydrogens is 256 g/mol. The van der Waals surface area contributed by atoms with Gasteiger partial charge in [-0.05, 0) is 36.4 Å². The summed E-state index contributed by atoms with van der Waals surface area (Å²) in [5.41, 5.74) is 1.52. The minimum atomic E-state index is 0.218. The Hall–Kier alpha value is -3.07. The van der Waals surface area contributed by atoms with Crippen molar-refractivity contribution in [1.29, 1.82) is 5.26 Å². The second-order valence-electron chi connectivity index (χ2n) is 3.99. The summed E-state index contributed by atoms with van der Waals surface area (Å²) in [5.74, 6) is 1.29. The van der Waals surface area contributed by atoms with Crippen LogP contribution in [0.15, 0.2) is 47.1 Å². The number of rotatable bonds is 3. The number of benzene rings is 1. The topological polar surface area (TPSA) is 76.9 Å². The van der Waals surface area contributed by atoms with Gasteiger partial charge >= 0.3 is 0 Å². The third-order valence-electron chi connectivity index (χ3n) is 2.85. The van der Waals surface area contributed by atoms with E-state index in [4.69, 9.17) is 14.4 Å². The van der Waals surface area contributed by atoms with Crippen LogP contribution in [-0.2, 0) is 0 Å². The Balaban J connectivity index is 2.14. The SMILES string of the molecule is COc1ccc(-n2nnc(C#N)c2-c2ccco2)cc1. The first-order chi connectivity index (χ1) is 9.83. The molecule has 0 saturated heterocycles. The van der Waals surface area contributed by atoms with Gasteiger partial charge in [0.15, 0.2) is 11.5 Å². The molecule has 0 fully saturated rings. The quantitative estimate of drug-likeness (QED) is 0.727. The Morgan fingerprint density at radius 3 is 2.65 bits per heavy atom. The fraction of sp³-hybridized carbons (Fsp3) is 0.0714. The number of aromatic nitrogens is 3. The van der Waals surface area contributed by atoms with Crippen LogP contribution < -0.4 is 4.74 Å². The van der Waals surface area contributed by atoms with Crippen LogP contribution in [0, 0.1) is 11.3 Å². The van der Waals surface area contributed by atoms with Crippen molar-refractivity contribution in [1.82, 2.24) is 15.0 Å². The number of methoxy groups -OCH3 is 1. The predicted octanol–water partition coefficient (Wildman–Crippen LogP) is 2.41. The molecule has 6 heteroatoms. The second kappa shape index (κ2) is 4.90. The molecule has 2 heterocycles. The summed E-state index contributed by atoms with van der Waals surface area (Å²) < 4.78 is 12.0. The Bertz CT molecular complexity index is 752. The van der Waals surface area contributed by atoms with Crippen molar-refractivity contribution in [2.24, 2.45) is 0 Å². The Labute approximate surface area is 114 Å². The van der Waals surface area contributed by atoms with Crippen molar-refractivity contribution in [2.75, 3.05) is 7.11 Å². The molecule has 0 unspecified atom stereocenters. The van der Waals surface area contributed by atoms with Gasteiger partial charge in [0, 0.05) is 0 Å². The molecule has 2 aromatic heterocycles. The molecule has 0 aliphatic carbocycles. The molecule has 6 nitrogen and oxygen atoms in total. The van der Waals surface area contributed by atoms with Gasteiger partial charge in [0.1, 0.15) is 17.5 Å². The molecule has 0 radical (unpaired) electrons. The highest BCUT2D eigenvalue weighted by Gasteiger charge is 2.18. The standard InChI is InChI=1S/C14H10N4O2/c1-19-11-6-4-10(5-7-11)18-14(12(9-15)16-17-18)13-3-2-8-20-13/h2-8H,1H3. The minimum Gasteiger partial charge on any atom is -0.497 e. The molecule has 0 N–H and O–H groups in total. The zero-order valence-corrected chi connectivity index (χ0v) is 10.6. The summed E-state index contributed by atoms with van der Waals surface area (Å²) in [5, 5.41) is 17.0. The molecule has 0 aliphatic heterocycles. The van der Waals surface area contributed by atoms with Crippen LogP contribution in [0.4, 0.5) is 0 Å². The smallest absolute Gasteiger partial charge is 0.194 e. The molecule has 20 heavy (non-hydrogen) atoms. The lowest BCUT2D eigenvalue weighted by Crippen LogP contribution is -1.99. The van der Waals surface area contributed by atoms with Gasteiger partial charge in [-0.1, -0.05) is 5.21 Å². The normalized spacial score (nSPS) is 10.2. The van der Waals surface area contributed by atoms with Gasteiger partial charge in [0.25, 0.3) is 0 Å². The summed E-state index contributed by atoms with van der Waals surface area (Å²) in [6, 6.07) is 12.8. The van der Waals surface area contributed by atoms with Crippen LogP contribution in [-0.4, -0.2) is 22.1 Å². The Morgan fingerprint density at radius 1 is 1.25 bits per heavy atom. The van der Waals surface area contributed by atoms with Crippen molar-refractivity contribution >= 4 is 0 Å². The molecule has 0 saturated carbocycles. The van der Waals surface area contributed by atoms with E-state index >= 15 is 0 Å². The first-order valence-corrected chi connectivity index (χ1v) is 5.87. The Morgan fingerprint density at radius 2 is 2.05 bits per heavy atom. The Kier molecular flexibility index (Phi) is 2.94. The van der Waals surface area contributed by atoms with Crippen molar-refractivity contribution in [3.63, 3.8) is 0 Å². The van der Waals surface area contributed by atoms with Gasteiger partial charge in [-0.15, -0.1) is 5.10 Å². The van der Waals surface area contributed by atoms with E-state index in [-0.39, 0.29) is 5.69 Å². The minimum absolute atomic E-state index is 0.218. The fourth-order valence-electron chi connectivity index (χ4n) is 1.90. The average Bonchev–Trinajstić information content (AvgIpc) is 3.15. The summed E-state index contributed by atoms with van der Waals surface area (Å²) in [6.45, 7) is 0. The summed E-state index contributed by atoms with van der Waals surface area (Å²) in [7, 11) is 1.60. The van der Waals surface area contributed by atoms with E-state index < -0.39 is 0 Å². The summed E-state index contributed by atoms with van der Waals surface area (Å²) in [4.78, 5) is 0. The molecule has 3 aromatic rings. The third-order valence-corrected chi connectivity index (χ3v) is 2.85. The third kappa shape index (κ3) is 1.91.